The van der Waals surface area contributed by atoms with E-state index < -0.39 is 4.92 Å². The van der Waals surface area contributed by atoms with Crippen LogP contribution in [-0.2, 0) is 0 Å². The number of nitro benzene ring substituents is 1. The molecule has 0 atom stereocenters. The van der Waals surface area contributed by atoms with Crippen molar-refractivity contribution < 1.29 is 4.92 Å². The Morgan fingerprint density at radius 1 is 1.37 bits per heavy atom. The van der Waals surface area contributed by atoms with E-state index in [1.165, 1.54) is 12.1 Å². The Kier molecular flexibility index (Phi) is 2.90. The molecule has 0 bridgehead atoms. The Morgan fingerprint density at radius 2 is 2.11 bits per heavy atom. The predicted molar refractivity (Wildman–Crippen MR) is 75.0 cm³/mol. The Hall–Kier alpha value is -2.02. The zero-order valence-corrected chi connectivity index (χ0v) is 10.9. The number of hydrogen-bond donors (Lipinski definition) is 1. The zero-order valence-electron chi connectivity index (χ0n) is 10.1. The first-order valence-corrected chi connectivity index (χ1v) is 6.49. The zero-order chi connectivity index (χ0) is 13.4. The summed E-state index contributed by atoms with van der Waals surface area (Å²) >= 11 is 5.26. The van der Waals surface area contributed by atoms with E-state index in [1.54, 1.807) is 6.07 Å². The van der Waals surface area contributed by atoms with Crippen LogP contribution < -0.4 is 4.90 Å². The number of H-pyrrole nitrogens is 1. The number of aromatic nitrogens is 2. The second kappa shape index (κ2) is 4.58. The van der Waals surface area contributed by atoms with E-state index in [4.69, 9.17) is 12.2 Å². The molecule has 0 amide bonds. The summed E-state index contributed by atoms with van der Waals surface area (Å²) in [6.07, 6.45) is 2.27. The van der Waals surface area contributed by atoms with Crippen LogP contribution in [0, 0.1) is 14.8 Å². The first-order valence-electron chi connectivity index (χ1n) is 6.08. The average molecular weight is 276 g/mol. The summed E-state index contributed by atoms with van der Waals surface area (Å²) < 4.78 is 0.477. The van der Waals surface area contributed by atoms with Gasteiger partial charge in [0.2, 0.25) is 5.95 Å². The molecule has 1 N–H and O–H groups in total. The third kappa shape index (κ3) is 2.17. The fraction of sp³-hybridized carbons (Fsp3) is 0.333. The monoisotopic (exact) mass is 276 g/mol. The van der Waals surface area contributed by atoms with Gasteiger partial charge in [-0.1, -0.05) is 12.2 Å². The lowest BCUT2D eigenvalue weighted by molar-refractivity contribution is -0.384. The van der Waals surface area contributed by atoms with Gasteiger partial charge >= 0.3 is 0 Å². The summed E-state index contributed by atoms with van der Waals surface area (Å²) in [5.74, 6) is 0.704. The molecule has 1 saturated heterocycles. The highest BCUT2D eigenvalue weighted by Crippen LogP contribution is 2.23. The summed E-state index contributed by atoms with van der Waals surface area (Å²) in [6, 6.07) is 4.60. The molecule has 1 aromatic heterocycles. The van der Waals surface area contributed by atoms with Crippen molar-refractivity contribution in [2.45, 2.75) is 12.8 Å². The molecule has 1 fully saturated rings. The molecule has 0 aliphatic carbocycles. The number of nitro groups is 1. The van der Waals surface area contributed by atoms with E-state index >= 15 is 0 Å². The van der Waals surface area contributed by atoms with Gasteiger partial charge in [-0.05, 0) is 18.9 Å². The van der Waals surface area contributed by atoms with Crippen LogP contribution >= 0.6 is 12.2 Å². The minimum absolute atomic E-state index is 0.0525. The molecular weight excluding hydrogens is 264 g/mol. The van der Waals surface area contributed by atoms with E-state index in [0.717, 1.165) is 31.3 Å². The highest BCUT2D eigenvalue weighted by atomic mass is 32.1. The number of nitrogens with one attached hydrogen (secondary N) is 1. The molecule has 1 aromatic carbocycles. The van der Waals surface area contributed by atoms with E-state index in [9.17, 15) is 10.1 Å². The van der Waals surface area contributed by atoms with Gasteiger partial charge in [-0.15, -0.1) is 0 Å². The predicted octanol–water partition coefficient (Wildman–Crippen LogP) is 2.80. The topological polar surface area (TPSA) is 75.1 Å². The number of non-ortho nitro benzene ring substituents is 1. The Balaban J connectivity index is 2.16. The first-order chi connectivity index (χ1) is 9.15. The smallest absolute Gasteiger partial charge is 0.271 e. The van der Waals surface area contributed by atoms with Gasteiger partial charge in [-0.3, -0.25) is 10.1 Å². The molecule has 1 aliphatic heterocycles. The van der Waals surface area contributed by atoms with Crippen LogP contribution in [-0.4, -0.2) is 28.0 Å². The molecule has 0 unspecified atom stereocenters. The molecule has 1 aliphatic rings. The molecule has 0 spiro atoms. The van der Waals surface area contributed by atoms with Gasteiger partial charge in [0, 0.05) is 30.6 Å². The van der Waals surface area contributed by atoms with E-state index in [-0.39, 0.29) is 5.69 Å². The quantitative estimate of drug-likeness (QED) is 0.518. The second-order valence-corrected chi connectivity index (χ2v) is 4.93. The minimum Gasteiger partial charge on any atom is -0.342 e. The van der Waals surface area contributed by atoms with Crippen LogP contribution in [0.3, 0.4) is 0 Å². The summed E-state index contributed by atoms with van der Waals surface area (Å²) in [5, 5.41) is 11.5. The summed E-state index contributed by atoms with van der Waals surface area (Å²) in [6.45, 7) is 1.89. The average Bonchev–Trinajstić information content (AvgIpc) is 2.91. The Labute approximate surface area is 114 Å². The Bertz CT molecular complexity index is 706. The van der Waals surface area contributed by atoms with Gasteiger partial charge in [0.15, 0.2) is 0 Å². The highest BCUT2D eigenvalue weighted by molar-refractivity contribution is 7.71. The SMILES string of the molecule is O=[N+]([O-])c1ccc2c(=S)nc(N3CCCC3)[nH]c2c1. The molecule has 2 heterocycles. The number of hydrogen-bond acceptors (Lipinski definition) is 5. The minimum atomic E-state index is -0.410. The molecular formula is C12H12N4O2S. The number of benzene rings is 1. The summed E-state index contributed by atoms with van der Waals surface area (Å²) in [5.41, 5.74) is 0.716. The molecule has 3 rings (SSSR count). The highest BCUT2D eigenvalue weighted by Gasteiger charge is 2.16. The third-order valence-electron chi connectivity index (χ3n) is 3.30. The lowest BCUT2D eigenvalue weighted by Gasteiger charge is -2.16. The maximum atomic E-state index is 10.8. The second-order valence-electron chi connectivity index (χ2n) is 4.55. The number of anilines is 1. The lowest BCUT2D eigenvalue weighted by Crippen LogP contribution is -2.20. The van der Waals surface area contributed by atoms with E-state index in [0.29, 0.717) is 16.1 Å². The van der Waals surface area contributed by atoms with Crippen molar-refractivity contribution in [3.63, 3.8) is 0 Å². The van der Waals surface area contributed by atoms with Gasteiger partial charge in [-0.2, -0.15) is 0 Å². The number of rotatable bonds is 2. The van der Waals surface area contributed by atoms with Crippen molar-refractivity contribution in [1.29, 1.82) is 0 Å². The van der Waals surface area contributed by atoms with Crippen molar-refractivity contribution in [3.05, 3.63) is 33.0 Å². The molecule has 0 radical (unpaired) electrons. The molecule has 7 heteroatoms. The van der Waals surface area contributed by atoms with Gasteiger partial charge < -0.3 is 9.88 Å². The maximum absolute atomic E-state index is 10.8. The van der Waals surface area contributed by atoms with Crippen LogP contribution in [0.4, 0.5) is 11.6 Å². The van der Waals surface area contributed by atoms with E-state index in [1.807, 2.05) is 0 Å². The molecule has 0 saturated carbocycles. The number of nitrogens with zero attached hydrogens (tertiary/aromatic N) is 3. The molecule has 6 nitrogen and oxygen atoms in total. The van der Waals surface area contributed by atoms with Gasteiger partial charge in [0.25, 0.3) is 5.69 Å². The molecule has 98 valence electrons. The van der Waals surface area contributed by atoms with Gasteiger partial charge in [0.1, 0.15) is 4.64 Å². The van der Waals surface area contributed by atoms with Crippen molar-refractivity contribution in [2.75, 3.05) is 18.0 Å². The fourth-order valence-electron chi connectivity index (χ4n) is 2.32. The first kappa shape index (κ1) is 12.0. The van der Waals surface area contributed by atoms with Crippen molar-refractivity contribution in [2.24, 2.45) is 0 Å². The molecule has 2 aromatic rings. The lowest BCUT2D eigenvalue weighted by atomic mass is 10.2. The number of fused-ring (bicyclic) bond motifs is 1. The summed E-state index contributed by atoms with van der Waals surface area (Å²) in [7, 11) is 0. The van der Waals surface area contributed by atoms with Crippen LogP contribution in [0.1, 0.15) is 12.8 Å². The fourth-order valence-corrected chi connectivity index (χ4v) is 2.58. The van der Waals surface area contributed by atoms with Crippen LogP contribution in [0.15, 0.2) is 18.2 Å². The maximum Gasteiger partial charge on any atom is 0.271 e. The van der Waals surface area contributed by atoms with Crippen LogP contribution in [0.2, 0.25) is 0 Å². The Morgan fingerprint density at radius 3 is 2.79 bits per heavy atom. The van der Waals surface area contributed by atoms with Crippen molar-refractivity contribution >= 4 is 34.8 Å². The largest absolute Gasteiger partial charge is 0.342 e. The van der Waals surface area contributed by atoms with Gasteiger partial charge in [-0.25, -0.2) is 4.98 Å². The van der Waals surface area contributed by atoms with Crippen LogP contribution in [0.25, 0.3) is 10.9 Å². The standard InChI is InChI=1S/C12H12N4O2S/c17-16(18)8-3-4-9-10(7-8)13-12(14-11(9)19)15-5-1-2-6-15/h3-4,7H,1-2,5-6H2,(H,13,14,19). The molecule has 19 heavy (non-hydrogen) atoms. The third-order valence-corrected chi connectivity index (χ3v) is 3.62. The van der Waals surface area contributed by atoms with E-state index in [2.05, 4.69) is 14.9 Å². The van der Waals surface area contributed by atoms with Crippen LogP contribution in [0.5, 0.6) is 0 Å². The van der Waals surface area contributed by atoms with Crippen molar-refractivity contribution in [1.82, 2.24) is 9.97 Å². The van der Waals surface area contributed by atoms with Crippen molar-refractivity contribution in [3.8, 4) is 0 Å². The summed E-state index contributed by atoms with van der Waals surface area (Å²) in [4.78, 5) is 20.0. The van der Waals surface area contributed by atoms with Gasteiger partial charge in [0.05, 0.1) is 10.4 Å². The number of aromatic amines is 1. The normalized spacial score (nSPS) is 15.1.